The number of hydrogen-bond acceptors (Lipinski definition) is 3. The van der Waals surface area contributed by atoms with Crippen molar-refractivity contribution in [3.63, 3.8) is 0 Å². The zero-order valence-electron chi connectivity index (χ0n) is 29.4. The van der Waals surface area contributed by atoms with Gasteiger partial charge in [0.25, 0.3) is 5.91 Å². The quantitative estimate of drug-likeness (QED) is 0.138. The molecule has 5 aromatic rings. The fourth-order valence-corrected chi connectivity index (χ4v) is 8.32. The second kappa shape index (κ2) is 15.3. The Balaban J connectivity index is 1.24. The molecule has 3 atom stereocenters. The molecule has 6 nitrogen and oxygen atoms in total. The number of benzene rings is 5. The summed E-state index contributed by atoms with van der Waals surface area (Å²) in [6.45, 7) is 2.40. The number of unbranched alkanes of at least 4 members (excludes halogenated alkanes) is 1. The number of carbonyl (C=O) groups is 3. The van der Waals surface area contributed by atoms with Crippen molar-refractivity contribution >= 4 is 34.2 Å². The van der Waals surface area contributed by atoms with Gasteiger partial charge < -0.3 is 16.0 Å². The number of para-hydroxylation sites is 1. The van der Waals surface area contributed by atoms with Crippen molar-refractivity contribution in [2.75, 3.05) is 4.90 Å². The molecule has 0 aromatic heterocycles. The molecule has 7 rings (SSSR count). The highest BCUT2D eigenvalue weighted by molar-refractivity contribution is 6.06. The smallest absolute Gasteiger partial charge is 0.254 e. The van der Waals surface area contributed by atoms with Crippen molar-refractivity contribution < 1.29 is 14.4 Å². The first-order valence-electron chi connectivity index (χ1n) is 18.6. The van der Waals surface area contributed by atoms with Crippen LogP contribution in [0.15, 0.2) is 115 Å². The molecule has 1 saturated carbocycles. The van der Waals surface area contributed by atoms with Crippen LogP contribution in [0.3, 0.4) is 0 Å². The Morgan fingerprint density at radius 3 is 2.27 bits per heavy atom. The molecule has 3 amide bonds. The number of nitrogens with two attached hydrogens (primary N) is 1. The van der Waals surface area contributed by atoms with E-state index >= 15 is 0 Å². The molecule has 51 heavy (non-hydrogen) atoms. The van der Waals surface area contributed by atoms with Gasteiger partial charge in [0.2, 0.25) is 11.8 Å². The number of primary amides is 1. The third kappa shape index (κ3) is 7.32. The average Bonchev–Trinajstić information content (AvgIpc) is 3.66. The van der Waals surface area contributed by atoms with E-state index in [1.54, 1.807) is 0 Å². The second-order valence-corrected chi connectivity index (χ2v) is 14.4. The van der Waals surface area contributed by atoms with E-state index in [0.717, 1.165) is 77.6 Å². The van der Waals surface area contributed by atoms with Crippen molar-refractivity contribution in [1.82, 2.24) is 5.32 Å². The maximum atomic E-state index is 15.0. The largest absolute Gasteiger partial charge is 0.369 e. The first kappa shape index (κ1) is 34.2. The Kier molecular flexibility index (Phi) is 10.3. The van der Waals surface area contributed by atoms with E-state index in [9.17, 15) is 14.4 Å². The van der Waals surface area contributed by atoms with Crippen LogP contribution in [0.2, 0.25) is 0 Å². The molecule has 5 aromatic carbocycles. The van der Waals surface area contributed by atoms with Crippen LogP contribution in [0.4, 0.5) is 5.69 Å². The van der Waals surface area contributed by atoms with Crippen LogP contribution in [0.25, 0.3) is 33.0 Å². The first-order chi connectivity index (χ1) is 24.9. The van der Waals surface area contributed by atoms with Gasteiger partial charge in [-0.15, -0.1) is 0 Å². The van der Waals surface area contributed by atoms with Gasteiger partial charge in [0.05, 0.1) is 12.2 Å². The van der Waals surface area contributed by atoms with Crippen LogP contribution in [0.1, 0.15) is 75.5 Å². The lowest BCUT2D eigenvalue weighted by Gasteiger charge is -2.30. The average molecular weight is 678 g/mol. The highest BCUT2D eigenvalue weighted by Crippen LogP contribution is 2.42. The van der Waals surface area contributed by atoms with Gasteiger partial charge in [-0.05, 0) is 75.5 Å². The molecule has 2 aliphatic rings. The van der Waals surface area contributed by atoms with Crippen LogP contribution in [-0.4, -0.2) is 17.7 Å². The second-order valence-electron chi connectivity index (χ2n) is 14.4. The minimum absolute atomic E-state index is 0.208. The summed E-state index contributed by atoms with van der Waals surface area (Å²) in [5, 5.41) is 5.58. The highest BCUT2D eigenvalue weighted by Gasteiger charge is 2.40. The van der Waals surface area contributed by atoms with Gasteiger partial charge in [-0.1, -0.05) is 143 Å². The van der Waals surface area contributed by atoms with Crippen LogP contribution in [0, 0.1) is 17.8 Å². The molecule has 3 N–H and O–H groups in total. The third-order valence-electron chi connectivity index (χ3n) is 11.0. The summed E-state index contributed by atoms with van der Waals surface area (Å²) in [4.78, 5) is 44.2. The number of fused-ring (bicyclic) bond motifs is 4. The lowest BCUT2D eigenvalue weighted by Crippen LogP contribution is -2.47. The Hall–Kier alpha value is -5.23. The summed E-state index contributed by atoms with van der Waals surface area (Å²) in [6.07, 6.45) is 7.28. The van der Waals surface area contributed by atoms with Crippen molar-refractivity contribution in [2.45, 2.75) is 70.9 Å². The Morgan fingerprint density at radius 2 is 1.49 bits per heavy atom. The summed E-state index contributed by atoms with van der Waals surface area (Å²) in [7, 11) is 0. The Bertz CT molecular complexity index is 2050. The number of nitrogens with one attached hydrogen (secondary N) is 1. The van der Waals surface area contributed by atoms with Gasteiger partial charge in [-0.3, -0.25) is 14.4 Å². The Morgan fingerprint density at radius 1 is 0.784 bits per heavy atom. The molecule has 0 saturated heterocycles. The van der Waals surface area contributed by atoms with Crippen LogP contribution >= 0.6 is 0 Å². The van der Waals surface area contributed by atoms with Crippen molar-refractivity contribution in [1.29, 1.82) is 0 Å². The summed E-state index contributed by atoms with van der Waals surface area (Å²) in [5.41, 5.74) is 12.5. The standard InChI is InChI=1S/C45H47N3O3/c1-2-3-19-39(43(46)49)40(27-30-13-4-5-14-30)44(50)47-42-38-22-9-8-20-36(38)37-21-10-11-23-41(37)48(45(42)51)29-31-15-12-18-33(26-31)35-25-24-32-16-6-7-17-34(32)28-35/h6-12,15-18,20-26,28,30,39-40,42H,2-5,13-14,19,27,29H2,1H3,(H2,46,49)(H,47,50). The van der Waals surface area contributed by atoms with E-state index < -0.39 is 23.8 Å². The lowest BCUT2D eigenvalue weighted by molar-refractivity contribution is -0.136. The molecule has 1 heterocycles. The fraction of sp³-hybridized carbons (Fsp3) is 0.311. The van der Waals surface area contributed by atoms with E-state index in [4.69, 9.17) is 5.73 Å². The van der Waals surface area contributed by atoms with Gasteiger partial charge in [0, 0.05) is 17.4 Å². The molecule has 1 aliphatic carbocycles. The molecule has 1 fully saturated rings. The molecule has 260 valence electrons. The van der Waals surface area contributed by atoms with Crippen LogP contribution in [-0.2, 0) is 20.9 Å². The van der Waals surface area contributed by atoms with Gasteiger partial charge in [0.1, 0.15) is 6.04 Å². The van der Waals surface area contributed by atoms with Crippen molar-refractivity contribution in [3.8, 4) is 22.3 Å². The molecule has 6 heteroatoms. The van der Waals surface area contributed by atoms with E-state index in [1.165, 1.54) is 10.8 Å². The maximum absolute atomic E-state index is 15.0. The highest BCUT2D eigenvalue weighted by atomic mass is 16.2. The molecule has 0 radical (unpaired) electrons. The normalized spacial score (nSPS) is 17.0. The topological polar surface area (TPSA) is 92.5 Å². The predicted molar refractivity (Wildman–Crippen MR) is 206 cm³/mol. The number of nitrogens with zero attached hydrogens (tertiary/aromatic N) is 1. The number of carbonyl (C=O) groups excluding carboxylic acids is 3. The van der Waals surface area contributed by atoms with Gasteiger partial charge in [-0.25, -0.2) is 0 Å². The fourth-order valence-electron chi connectivity index (χ4n) is 8.32. The van der Waals surface area contributed by atoms with Gasteiger partial charge in [-0.2, -0.15) is 0 Å². The predicted octanol–water partition coefficient (Wildman–Crippen LogP) is 9.37. The van der Waals surface area contributed by atoms with Crippen LogP contribution in [0.5, 0.6) is 0 Å². The summed E-state index contributed by atoms with van der Waals surface area (Å²) >= 11 is 0. The van der Waals surface area contributed by atoms with E-state index in [2.05, 4.69) is 60.8 Å². The minimum Gasteiger partial charge on any atom is -0.369 e. The van der Waals surface area contributed by atoms with Gasteiger partial charge in [0.15, 0.2) is 0 Å². The zero-order valence-corrected chi connectivity index (χ0v) is 29.4. The molecular weight excluding hydrogens is 631 g/mol. The van der Waals surface area contributed by atoms with Crippen LogP contribution < -0.4 is 16.0 Å². The molecule has 3 unspecified atom stereocenters. The van der Waals surface area contributed by atoms with Crippen molar-refractivity contribution in [3.05, 3.63) is 126 Å². The molecule has 0 bridgehead atoms. The first-order valence-corrected chi connectivity index (χ1v) is 18.6. The zero-order chi connectivity index (χ0) is 35.3. The summed E-state index contributed by atoms with van der Waals surface area (Å²) in [6, 6.07) is 38.0. The Labute approximate surface area is 301 Å². The van der Waals surface area contributed by atoms with E-state index in [-0.39, 0.29) is 11.8 Å². The maximum Gasteiger partial charge on any atom is 0.254 e. The molecule has 1 aliphatic heterocycles. The summed E-state index contributed by atoms with van der Waals surface area (Å²) in [5.74, 6) is -1.70. The number of anilines is 1. The number of hydrogen-bond donors (Lipinski definition) is 2. The third-order valence-corrected chi connectivity index (χ3v) is 11.0. The molecule has 0 spiro atoms. The summed E-state index contributed by atoms with van der Waals surface area (Å²) < 4.78 is 0. The SMILES string of the molecule is CCCCC(C(N)=O)C(CC1CCCC1)C(=O)NC1C(=O)N(Cc2cccc(-c3ccc4ccccc4c3)c2)c2ccccc2-c2ccccc21. The van der Waals surface area contributed by atoms with E-state index in [0.29, 0.717) is 25.3 Å². The number of amides is 3. The van der Waals surface area contributed by atoms with E-state index in [1.807, 2.05) is 71.6 Å². The van der Waals surface area contributed by atoms with Gasteiger partial charge >= 0.3 is 0 Å². The van der Waals surface area contributed by atoms with Crippen molar-refractivity contribution in [2.24, 2.45) is 23.5 Å². The minimum atomic E-state index is -0.935. The lowest BCUT2D eigenvalue weighted by atomic mass is 9.79. The monoisotopic (exact) mass is 677 g/mol. The number of rotatable bonds is 12. The molecular formula is C45H47N3O3.